The van der Waals surface area contributed by atoms with Crippen molar-refractivity contribution in [2.24, 2.45) is 0 Å². The summed E-state index contributed by atoms with van der Waals surface area (Å²) in [4.78, 5) is 0. The zero-order valence-corrected chi connectivity index (χ0v) is 27.3. The van der Waals surface area contributed by atoms with E-state index < -0.39 is 5.31 Å². The van der Waals surface area contributed by atoms with Crippen LogP contribution in [0.1, 0.15) is 97.8 Å². The topological polar surface area (TPSA) is 47.9 Å². The molecule has 1 aromatic carbocycles. The van der Waals surface area contributed by atoms with Crippen LogP contribution in [0.2, 0.25) is 6.04 Å². The Bertz CT molecular complexity index is 677. The van der Waals surface area contributed by atoms with E-state index in [4.69, 9.17) is 14.2 Å². The van der Waals surface area contributed by atoms with E-state index in [0.717, 1.165) is 28.3 Å². The number of rotatable bonds is 23. The van der Waals surface area contributed by atoms with Crippen molar-refractivity contribution in [3.05, 3.63) is 18.2 Å². The van der Waals surface area contributed by atoms with Crippen LogP contribution < -0.4 is 10.0 Å². The van der Waals surface area contributed by atoms with Crippen molar-refractivity contribution in [2.45, 2.75) is 110 Å². The number of aromatic hydroxyl groups is 1. The monoisotopic (exact) mass is 604 g/mol. The first-order valence-electron chi connectivity index (χ1n) is 14.3. The first-order valence-corrected chi connectivity index (χ1v) is 20.4. The van der Waals surface area contributed by atoms with Gasteiger partial charge in [-0.05, 0) is 0 Å². The molecule has 0 fully saturated rings. The smallest absolute Gasteiger partial charge is 0.360 e. The van der Waals surface area contributed by atoms with Crippen LogP contribution in [0, 0.1) is 0 Å². The van der Waals surface area contributed by atoms with Crippen LogP contribution in [0.4, 0.5) is 0 Å². The molecule has 4 nitrogen and oxygen atoms in total. The minimum atomic E-state index is -2.41. The van der Waals surface area contributed by atoms with E-state index in [0.29, 0.717) is 5.75 Å². The van der Waals surface area contributed by atoms with Crippen LogP contribution in [0.15, 0.2) is 18.2 Å². The molecule has 7 heteroatoms. The number of ether oxygens (including phenoxy) is 3. The molecule has 0 saturated heterocycles. The number of methoxy groups -OCH3 is 2. The molecule has 0 unspecified atom stereocenters. The standard InChI is InChI=1S/C29H54BrO4PSi/c1-6-9-21-35(30,22-10-7-2,23-11-8-3)28-25-26(31)18-19-27(28)34-20-16-14-12-13-15-17-24-36-29(32-4)33-5/h18-19,25,29,31H,6-17,20-24H2,1-5H3. The molecule has 0 bridgehead atoms. The normalized spacial score (nSPS) is 13.1. The number of hydrogen-bond acceptors (Lipinski definition) is 4. The fourth-order valence-electron chi connectivity index (χ4n) is 4.92. The molecule has 1 aromatic rings. The van der Waals surface area contributed by atoms with Gasteiger partial charge in [0.1, 0.15) is 5.91 Å². The third-order valence-electron chi connectivity index (χ3n) is 7.19. The van der Waals surface area contributed by atoms with Crippen LogP contribution in [0.3, 0.4) is 0 Å². The van der Waals surface area contributed by atoms with E-state index in [-0.39, 0.29) is 5.91 Å². The molecule has 0 aliphatic carbocycles. The Labute approximate surface area is 233 Å². The van der Waals surface area contributed by atoms with Crippen LogP contribution >= 0.6 is 20.8 Å². The second-order valence-electron chi connectivity index (χ2n) is 10.2. The van der Waals surface area contributed by atoms with Crippen molar-refractivity contribution < 1.29 is 19.3 Å². The number of phenolic OH excluding ortho intramolecular Hbond substituents is 1. The molecule has 0 aromatic heterocycles. The molecule has 2 radical (unpaired) electrons. The summed E-state index contributed by atoms with van der Waals surface area (Å²) < 4.78 is 17.0. The molecule has 0 aliphatic rings. The fourth-order valence-corrected chi connectivity index (χ4v) is 14.7. The second-order valence-corrected chi connectivity index (χ2v) is 22.2. The minimum absolute atomic E-state index is 0.0295. The van der Waals surface area contributed by atoms with Gasteiger partial charge in [0.25, 0.3) is 0 Å². The summed E-state index contributed by atoms with van der Waals surface area (Å²) in [6.07, 6.45) is 18.1. The van der Waals surface area contributed by atoms with Gasteiger partial charge >= 0.3 is 204 Å². The molecule has 36 heavy (non-hydrogen) atoms. The molecule has 1 N–H and O–H groups in total. The molecule has 0 saturated carbocycles. The first kappa shape index (κ1) is 33.9. The average molecular weight is 606 g/mol. The van der Waals surface area contributed by atoms with E-state index >= 15 is 0 Å². The number of benzene rings is 1. The van der Waals surface area contributed by atoms with E-state index in [9.17, 15) is 5.11 Å². The number of unbranched alkanes of at least 4 members (excludes halogenated alkanes) is 8. The van der Waals surface area contributed by atoms with Crippen molar-refractivity contribution in [3.63, 3.8) is 0 Å². The number of hydrogen-bond donors (Lipinski definition) is 1. The van der Waals surface area contributed by atoms with Gasteiger partial charge in [-0.1, -0.05) is 0 Å². The number of halogens is 1. The van der Waals surface area contributed by atoms with Crippen molar-refractivity contribution in [3.8, 4) is 11.5 Å². The van der Waals surface area contributed by atoms with Gasteiger partial charge in [-0.25, -0.2) is 0 Å². The summed E-state index contributed by atoms with van der Waals surface area (Å²) in [5.74, 6) is 1.33. The zero-order valence-electron chi connectivity index (χ0n) is 23.8. The Kier molecular flexibility index (Phi) is 17.9. The van der Waals surface area contributed by atoms with E-state index in [1.54, 1.807) is 20.3 Å². The molecular weight excluding hydrogens is 551 g/mol. The van der Waals surface area contributed by atoms with Crippen LogP contribution in [-0.2, 0) is 9.47 Å². The van der Waals surface area contributed by atoms with Crippen LogP contribution in [-0.4, -0.2) is 59.9 Å². The van der Waals surface area contributed by atoms with Crippen molar-refractivity contribution in [1.82, 2.24) is 0 Å². The molecule has 1 rings (SSSR count). The van der Waals surface area contributed by atoms with Gasteiger partial charge in [0, 0.05) is 14.2 Å². The summed E-state index contributed by atoms with van der Waals surface area (Å²) in [6.45, 7) is 7.59. The van der Waals surface area contributed by atoms with Gasteiger partial charge in [-0.3, -0.25) is 0 Å². The van der Waals surface area contributed by atoms with E-state index in [2.05, 4.69) is 36.3 Å². The minimum Gasteiger partial charge on any atom is -0.360 e. The maximum atomic E-state index is 10.5. The quantitative estimate of drug-likeness (QED) is 0.0587. The Balaban J connectivity index is 2.73. The predicted octanol–water partition coefficient (Wildman–Crippen LogP) is 8.70. The molecule has 0 heterocycles. The maximum absolute atomic E-state index is 10.5. The van der Waals surface area contributed by atoms with Crippen molar-refractivity contribution in [1.29, 1.82) is 0 Å². The van der Waals surface area contributed by atoms with Gasteiger partial charge in [0.05, 0.1) is 0 Å². The number of phenols is 1. The molecule has 0 atom stereocenters. The molecule has 210 valence electrons. The average Bonchev–Trinajstić information content (AvgIpc) is 2.89. The Morgan fingerprint density at radius 2 is 1.33 bits per heavy atom. The third kappa shape index (κ3) is 11.7. The van der Waals surface area contributed by atoms with Crippen molar-refractivity contribution >= 4 is 35.6 Å². The van der Waals surface area contributed by atoms with Gasteiger partial charge in [0.2, 0.25) is 0 Å². The van der Waals surface area contributed by atoms with E-state index in [1.807, 2.05) is 12.1 Å². The molecule has 0 aliphatic heterocycles. The fraction of sp³-hybridized carbons (Fsp3) is 0.793. The zero-order chi connectivity index (χ0) is 26.7. The Morgan fingerprint density at radius 3 is 1.86 bits per heavy atom. The van der Waals surface area contributed by atoms with Gasteiger partial charge in [-0.15, -0.1) is 0 Å². The third-order valence-corrected chi connectivity index (χ3v) is 18.5. The summed E-state index contributed by atoms with van der Waals surface area (Å²) in [6, 6.07) is 7.03. The Morgan fingerprint density at radius 1 is 0.806 bits per heavy atom. The van der Waals surface area contributed by atoms with Gasteiger partial charge < -0.3 is 9.47 Å². The summed E-state index contributed by atoms with van der Waals surface area (Å²) >= 11 is 4.50. The SMILES string of the molecule is CCCCP(Br)(CCCC)(CCCC)c1cc(O)ccc1OCCCCCCCC[Si]C(OC)OC. The molecule has 0 amide bonds. The summed E-state index contributed by atoms with van der Waals surface area (Å²) in [5.41, 5.74) is 0. The van der Waals surface area contributed by atoms with Crippen LogP contribution in [0.25, 0.3) is 0 Å². The Hall–Kier alpha value is -0.133. The summed E-state index contributed by atoms with van der Waals surface area (Å²) in [5, 5.41) is 9.38. The van der Waals surface area contributed by atoms with Crippen molar-refractivity contribution in [2.75, 3.05) is 39.3 Å². The second kappa shape index (κ2) is 19.0. The molecule has 0 spiro atoms. The molecular formula is C29H54BrO4PSi. The summed E-state index contributed by atoms with van der Waals surface area (Å²) in [7, 11) is 4.15. The van der Waals surface area contributed by atoms with Gasteiger partial charge in [0.15, 0.2) is 0 Å². The van der Waals surface area contributed by atoms with E-state index in [1.165, 1.54) is 100 Å². The van der Waals surface area contributed by atoms with Gasteiger partial charge in [-0.2, -0.15) is 0 Å². The predicted molar refractivity (Wildman–Crippen MR) is 164 cm³/mol. The first-order chi connectivity index (χ1) is 17.4. The van der Waals surface area contributed by atoms with Crippen LogP contribution in [0.5, 0.6) is 11.5 Å².